The third-order valence-corrected chi connectivity index (χ3v) is 2.53. The Balaban J connectivity index is 2.29. The number of halogens is 2. The van der Waals surface area contributed by atoms with Crippen molar-refractivity contribution in [2.24, 2.45) is 0 Å². The summed E-state index contributed by atoms with van der Waals surface area (Å²) in [7, 11) is 0. The number of ether oxygens (including phenoxy) is 1. The molecule has 0 unspecified atom stereocenters. The van der Waals surface area contributed by atoms with Crippen molar-refractivity contribution in [3.8, 4) is 11.5 Å². The largest absolute Gasteiger partial charge is 0.455 e. The monoisotopic (exact) mass is 238 g/mol. The molecular formula is C11H6Cl2NO. The van der Waals surface area contributed by atoms with Crippen molar-refractivity contribution < 1.29 is 4.74 Å². The second-order valence-corrected chi connectivity index (χ2v) is 3.54. The number of pyridine rings is 1. The summed E-state index contributed by atoms with van der Waals surface area (Å²) in [5, 5.41) is 0.854. The molecule has 0 atom stereocenters. The summed E-state index contributed by atoms with van der Waals surface area (Å²) < 4.78 is 5.48. The molecular weight excluding hydrogens is 233 g/mol. The van der Waals surface area contributed by atoms with E-state index in [1.165, 1.54) is 6.20 Å². The SMILES string of the molecule is Clc1cccc(Oc2[c]cncc2)c1Cl. The van der Waals surface area contributed by atoms with E-state index in [2.05, 4.69) is 11.1 Å². The quantitative estimate of drug-likeness (QED) is 0.790. The van der Waals surface area contributed by atoms with E-state index in [1.807, 2.05) is 0 Å². The highest BCUT2D eigenvalue weighted by Crippen LogP contribution is 2.34. The predicted octanol–water partition coefficient (Wildman–Crippen LogP) is 3.98. The summed E-state index contributed by atoms with van der Waals surface area (Å²) >= 11 is 11.8. The summed E-state index contributed by atoms with van der Waals surface area (Å²) in [5.41, 5.74) is 0. The average molecular weight is 239 g/mol. The van der Waals surface area contributed by atoms with Crippen LogP contribution in [0.5, 0.6) is 11.5 Å². The second kappa shape index (κ2) is 4.51. The molecule has 0 aliphatic rings. The molecule has 1 heterocycles. The zero-order valence-corrected chi connectivity index (χ0v) is 9.09. The van der Waals surface area contributed by atoms with E-state index < -0.39 is 0 Å². The van der Waals surface area contributed by atoms with E-state index >= 15 is 0 Å². The summed E-state index contributed by atoms with van der Waals surface area (Å²) in [6.45, 7) is 0. The van der Waals surface area contributed by atoms with E-state index in [1.54, 1.807) is 30.5 Å². The Morgan fingerprint density at radius 2 is 2.07 bits per heavy atom. The Morgan fingerprint density at radius 3 is 2.80 bits per heavy atom. The standard InChI is InChI=1S/C11H6Cl2NO/c12-9-2-1-3-10(11(9)13)15-8-4-6-14-7-5-8/h1-4,6-7H. The summed E-state index contributed by atoms with van der Waals surface area (Å²) in [6.07, 6.45) is 3.14. The van der Waals surface area contributed by atoms with Crippen molar-refractivity contribution in [1.82, 2.24) is 4.98 Å². The van der Waals surface area contributed by atoms with Crippen LogP contribution in [0.1, 0.15) is 0 Å². The van der Waals surface area contributed by atoms with Gasteiger partial charge in [-0.1, -0.05) is 29.3 Å². The van der Waals surface area contributed by atoms with Crippen LogP contribution in [0.4, 0.5) is 0 Å². The molecule has 0 bridgehead atoms. The van der Waals surface area contributed by atoms with Gasteiger partial charge in [-0.05, 0) is 18.2 Å². The molecule has 1 aromatic heterocycles. The highest BCUT2D eigenvalue weighted by molar-refractivity contribution is 6.42. The van der Waals surface area contributed by atoms with Gasteiger partial charge in [0.2, 0.25) is 0 Å². The fraction of sp³-hybridized carbons (Fsp3) is 0. The Kier molecular flexibility index (Phi) is 3.09. The minimum atomic E-state index is 0.393. The van der Waals surface area contributed by atoms with Gasteiger partial charge in [-0.2, -0.15) is 0 Å². The number of benzene rings is 1. The van der Waals surface area contributed by atoms with Crippen LogP contribution in [-0.4, -0.2) is 4.98 Å². The van der Waals surface area contributed by atoms with Crippen molar-refractivity contribution in [2.75, 3.05) is 0 Å². The molecule has 1 aromatic carbocycles. The maximum atomic E-state index is 5.96. The van der Waals surface area contributed by atoms with E-state index in [4.69, 9.17) is 27.9 Å². The normalized spacial score (nSPS) is 10.0. The first-order valence-corrected chi connectivity index (χ1v) is 4.96. The van der Waals surface area contributed by atoms with Gasteiger partial charge in [0.1, 0.15) is 16.5 Å². The fourth-order valence-corrected chi connectivity index (χ4v) is 1.38. The van der Waals surface area contributed by atoms with E-state index in [9.17, 15) is 0 Å². The predicted molar refractivity (Wildman–Crippen MR) is 59.6 cm³/mol. The fourth-order valence-electron chi connectivity index (χ4n) is 1.05. The van der Waals surface area contributed by atoms with Crippen LogP contribution in [0, 0.1) is 6.07 Å². The van der Waals surface area contributed by atoms with Crippen LogP contribution in [0.15, 0.2) is 36.7 Å². The highest BCUT2D eigenvalue weighted by Gasteiger charge is 2.05. The van der Waals surface area contributed by atoms with Crippen LogP contribution in [0.25, 0.3) is 0 Å². The Hall–Kier alpha value is -1.25. The van der Waals surface area contributed by atoms with E-state index in [0.29, 0.717) is 21.5 Å². The summed E-state index contributed by atoms with van der Waals surface area (Å²) in [4.78, 5) is 3.83. The molecule has 15 heavy (non-hydrogen) atoms. The second-order valence-electron chi connectivity index (χ2n) is 2.76. The van der Waals surface area contributed by atoms with Gasteiger partial charge in [0.15, 0.2) is 0 Å². The molecule has 0 N–H and O–H groups in total. The van der Waals surface area contributed by atoms with Crippen molar-refractivity contribution in [3.63, 3.8) is 0 Å². The van der Waals surface area contributed by atoms with Gasteiger partial charge in [-0.15, -0.1) is 0 Å². The lowest BCUT2D eigenvalue weighted by atomic mass is 10.3. The third kappa shape index (κ3) is 2.41. The Bertz CT molecular complexity index is 459. The molecule has 2 rings (SSSR count). The van der Waals surface area contributed by atoms with Gasteiger partial charge in [-0.25, -0.2) is 0 Å². The molecule has 75 valence electrons. The van der Waals surface area contributed by atoms with Crippen molar-refractivity contribution >= 4 is 23.2 Å². The lowest BCUT2D eigenvalue weighted by Crippen LogP contribution is -1.85. The maximum absolute atomic E-state index is 5.96. The van der Waals surface area contributed by atoms with Gasteiger partial charge in [0.25, 0.3) is 0 Å². The van der Waals surface area contributed by atoms with E-state index in [-0.39, 0.29) is 0 Å². The van der Waals surface area contributed by atoms with Gasteiger partial charge < -0.3 is 4.74 Å². The molecule has 0 spiro atoms. The molecule has 0 saturated carbocycles. The molecule has 1 radical (unpaired) electrons. The molecule has 0 fully saturated rings. The Morgan fingerprint density at radius 1 is 1.20 bits per heavy atom. The molecule has 0 aliphatic heterocycles. The molecule has 0 aliphatic carbocycles. The molecule has 2 aromatic rings. The number of hydrogen-bond acceptors (Lipinski definition) is 2. The van der Waals surface area contributed by atoms with E-state index in [0.717, 1.165) is 0 Å². The molecule has 0 amide bonds. The zero-order valence-electron chi connectivity index (χ0n) is 7.58. The topological polar surface area (TPSA) is 22.1 Å². The van der Waals surface area contributed by atoms with Crippen LogP contribution in [-0.2, 0) is 0 Å². The minimum absolute atomic E-state index is 0.393. The van der Waals surface area contributed by atoms with Gasteiger partial charge in [0, 0.05) is 18.5 Å². The number of hydrogen-bond donors (Lipinski definition) is 0. The van der Waals surface area contributed by atoms with Crippen LogP contribution in [0.3, 0.4) is 0 Å². The first-order valence-electron chi connectivity index (χ1n) is 4.21. The van der Waals surface area contributed by atoms with Crippen LogP contribution in [0.2, 0.25) is 10.0 Å². The lowest BCUT2D eigenvalue weighted by Gasteiger charge is -2.07. The first kappa shape index (κ1) is 10.3. The number of aromatic nitrogens is 1. The van der Waals surface area contributed by atoms with Crippen molar-refractivity contribution in [2.45, 2.75) is 0 Å². The number of rotatable bonds is 2. The average Bonchev–Trinajstić information content (AvgIpc) is 2.26. The lowest BCUT2D eigenvalue weighted by molar-refractivity contribution is 0.481. The highest BCUT2D eigenvalue weighted by atomic mass is 35.5. The summed E-state index contributed by atoms with van der Waals surface area (Å²) in [5.74, 6) is 1.06. The van der Waals surface area contributed by atoms with Gasteiger partial charge in [-0.3, -0.25) is 4.98 Å². The molecule has 4 heteroatoms. The summed E-state index contributed by atoms with van der Waals surface area (Å²) in [6, 6.07) is 9.73. The minimum Gasteiger partial charge on any atom is -0.455 e. The molecule has 0 saturated heterocycles. The first-order chi connectivity index (χ1) is 7.27. The number of nitrogens with zero attached hydrogens (tertiary/aromatic N) is 1. The molecule has 2 nitrogen and oxygen atoms in total. The van der Waals surface area contributed by atoms with Gasteiger partial charge >= 0.3 is 0 Å². The van der Waals surface area contributed by atoms with Gasteiger partial charge in [0.05, 0.1) is 5.02 Å². The Labute approximate surface area is 97.4 Å². The van der Waals surface area contributed by atoms with Crippen LogP contribution >= 0.6 is 23.2 Å². The smallest absolute Gasteiger partial charge is 0.147 e. The van der Waals surface area contributed by atoms with Crippen LogP contribution < -0.4 is 4.74 Å². The third-order valence-electron chi connectivity index (χ3n) is 1.73. The maximum Gasteiger partial charge on any atom is 0.147 e. The zero-order chi connectivity index (χ0) is 10.7. The van der Waals surface area contributed by atoms with Crippen molar-refractivity contribution in [3.05, 3.63) is 52.8 Å². The van der Waals surface area contributed by atoms with Crippen molar-refractivity contribution in [1.29, 1.82) is 0 Å².